The lowest BCUT2D eigenvalue weighted by Crippen LogP contribution is -2.55. The van der Waals surface area contributed by atoms with Crippen LogP contribution in [0.25, 0.3) is 0 Å². The number of hydrogen-bond acceptors (Lipinski definition) is 4. The monoisotopic (exact) mass is 292 g/mol. The van der Waals surface area contributed by atoms with E-state index in [0.717, 1.165) is 65.0 Å². The summed E-state index contributed by atoms with van der Waals surface area (Å²) in [6, 6.07) is 2.44. The summed E-state index contributed by atoms with van der Waals surface area (Å²) in [7, 11) is 0. The van der Waals surface area contributed by atoms with Crippen LogP contribution >= 0.6 is 0 Å². The van der Waals surface area contributed by atoms with Gasteiger partial charge in [0.2, 0.25) is 5.91 Å². The Kier molecular flexibility index (Phi) is 6.01. The number of carbonyl (C=O) groups excluding carboxylic acids is 1. The average molecular weight is 292 g/mol. The van der Waals surface area contributed by atoms with E-state index in [1.54, 1.807) is 0 Å². The third-order valence-electron chi connectivity index (χ3n) is 4.82. The van der Waals surface area contributed by atoms with Crippen molar-refractivity contribution in [3.8, 4) is 6.07 Å². The van der Waals surface area contributed by atoms with Gasteiger partial charge in [0.05, 0.1) is 18.2 Å². The molecule has 5 nitrogen and oxygen atoms in total. The Morgan fingerprint density at radius 1 is 1.10 bits per heavy atom. The smallest absolute Gasteiger partial charge is 0.239 e. The summed E-state index contributed by atoms with van der Waals surface area (Å²) < 4.78 is 0. The van der Waals surface area contributed by atoms with Crippen LogP contribution in [0.4, 0.5) is 0 Å². The summed E-state index contributed by atoms with van der Waals surface area (Å²) in [5.74, 6) is 0.284. The van der Waals surface area contributed by atoms with Crippen LogP contribution in [0.5, 0.6) is 0 Å². The van der Waals surface area contributed by atoms with Gasteiger partial charge in [-0.1, -0.05) is 13.3 Å². The van der Waals surface area contributed by atoms with Gasteiger partial charge in [-0.3, -0.25) is 14.6 Å². The summed E-state index contributed by atoms with van der Waals surface area (Å²) >= 11 is 0. The van der Waals surface area contributed by atoms with Gasteiger partial charge in [-0.2, -0.15) is 5.26 Å². The molecule has 0 aromatic carbocycles. The highest BCUT2D eigenvalue weighted by Crippen LogP contribution is 2.16. The molecule has 2 saturated heterocycles. The molecule has 0 saturated carbocycles. The molecule has 0 aromatic rings. The second-order valence-corrected chi connectivity index (χ2v) is 6.21. The third kappa shape index (κ3) is 3.96. The van der Waals surface area contributed by atoms with Crippen molar-refractivity contribution >= 4 is 5.91 Å². The molecule has 0 radical (unpaired) electrons. The molecule has 2 aliphatic heterocycles. The van der Waals surface area contributed by atoms with Crippen molar-refractivity contribution in [3.63, 3.8) is 0 Å². The van der Waals surface area contributed by atoms with Crippen LogP contribution in [0, 0.1) is 11.3 Å². The Morgan fingerprint density at radius 3 is 2.19 bits per heavy atom. The van der Waals surface area contributed by atoms with Crippen LogP contribution in [0.3, 0.4) is 0 Å². The van der Waals surface area contributed by atoms with Crippen molar-refractivity contribution in [2.45, 2.75) is 51.6 Å². The van der Waals surface area contributed by atoms with Crippen molar-refractivity contribution in [2.75, 3.05) is 39.3 Å². The molecule has 2 fully saturated rings. The molecule has 0 bridgehead atoms. The molecule has 5 heteroatoms. The zero-order chi connectivity index (χ0) is 15.2. The van der Waals surface area contributed by atoms with E-state index in [2.05, 4.69) is 22.8 Å². The SMILES string of the molecule is CCCC(C#N)N1CCN(C(C)C(=O)N2CCCC2)CC1. The molecular formula is C16H28N4O. The molecule has 2 rings (SSSR count). The Bertz CT molecular complexity index is 378. The zero-order valence-corrected chi connectivity index (χ0v) is 13.4. The minimum Gasteiger partial charge on any atom is -0.341 e. The molecule has 2 atom stereocenters. The van der Waals surface area contributed by atoms with Gasteiger partial charge in [0.1, 0.15) is 0 Å². The second-order valence-electron chi connectivity index (χ2n) is 6.21. The number of amides is 1. The number of rotatable bonds is 5. The highest BCUT2D eigenvalue weighted by Gasteiger charge is 2.31. The van der Waals surface area contributed by atoms with E-state index >= 15 is 0 Å². The molecular weight excluding hydrogens is 264 g/mol. The van der Waals surface area contributed by atoms with E-state index in [4.69, 9.17) is 0 Å². The van der Waals surface area contributed by atoms with Crippen molar-refractivity contribution < 1.29 is 4.79 Å². The molecule has 0 aromatic heterocycles. The topological polar surface area (TPSA) is 50.6 Å². The van der Waals surface area contributed by atoms with Gasteiger partial charge in [0, 0.05) is 39.3 Å². The van der Waals surface area contributed by atoms with Crippen LogP contribution < -0.4 is 0 Å². The van der Waals surface area contributed by atoms with Gasteiger partial charge in [-0.15, -0.1) is 0 Å². The standard InChI is InChI=1S/C16H28N4O/c1-3-6-15(13-17)19-11-9-18(10-12-19)14(2)16(21)20-7-4-5-8-20/h14-15H,3-12H2,1-2H3. The molecule has 118 valence electrons. The summed E-state index contributed by atoms with van der Waals surface area (Å²) in [6.07, 6.45) is 4.28. The Morgan fingerprint density at radius 2 is 1.67 bits per heavy atom. The molecule has 21 heavy (non-hydrogen) atoms. The molecule has 1 amide bonds. The fourth-order valence-corrected chi connectivity index (χ4v) is 3.40. The van der Waals surface area contributed by atoms with Gasteiger partial charge in [-0.05, 0) is 26.2 Å². The number of carbonyl (C=O) groups is 1. The normalized spacial score (nSPS) is 23.8. The van der Waals surface area contributed by atoms with Crippen LogP contribution in [0.2, 0.25) is 0 Å². The minimum absolute atomic E-state index is 0.0167. The molecule has 2 heterocycles. The first-order chi connectivity index (χ1) is 10.2. The number of hydrogen-bond donors (Lipinski definition) is 0. The van der Waals surface area contributed by atoms with E-state index < -0.39 is 0 Å². The zero-order valence-electron chi connectivity index (χ0n) is 13.4. The Hall–Kier alpha value is -1.12. The molecule has 2 aliphatic rings. The lowest BCUT2D eigenvalue weighted by atomic mass is 10.1. The predicted octanol–water partition coefficient (Wildman–Crippen LogP) is 1.31. The quantitative estimate of drug-likeness (QED) is 0.766. The summed E-state index contributed by atoms with van der Waals surface area (Å²) in [5, 5.41) is 9.25. The number of nitrogens with zero attached hydrogens (tertiary/aromatic N) is 4. The van der Waals surface area contributed by atoms with Gasteiger partial charge in [0.15, 0.2) is 0 Å². The maximum atomic E-state index is 12.4. The van der Waals surface area contributed by atoms with Gasteiger partial charge >= 0.3 is 0 Å². The van der Waals surface area contributed by atoms with Gasteiger partial charge in [-0.25, -0.2) is 0 Å². The first-order valence-electron chi connectivity index (χ1n) is 8.34. The van der Waals surface area contributed by atoms with Gasteiger partial charge < -0.3 is 4.90 Å². The summed E-state index contributed by atoms with van der Waals surface area (Å²) in [4.78, 5) is 19.0. The summed E-state index contributed by atoms with van der Waals surface area (Å²) in [6.45, 7) is 9.59. The Balaban J connectivity index is 1.82. The number of nitriles is 1. The van der Waals surface area contributed by atoms with Crippen LogP contribution in [0.1, 0.15) is 39.5 Å². The predicted molar refractivity (Wildman–Crippen MR) is 82.7 cm³/mol. The van der Waals surface area contributed by atoms with Crippen LogP contribution in [0.15, 0.2) is 0 Å². The third-order valence-corrected chi connectivity index (χ3v) is 4.82. The highest BCUT2D eigenvalue weighted by molar-refractivity contribution is 5.81. The summed E-state index contributed by atoms with van der Waals surface area (Å²) in [5.41, 5.74) is 0. The first kappa shape index (κ1) is 16.3. The molecule has 0 N–H and O–H groups in total. The molecule has 0 aliphatic carbocycles. The molecule has 0 spiro atoms. The van der Waals surface area contributed by atoms with Crippen LogP contribution in [-0.2, 0) is 4.79 Å². The fourth-order valence-electron chi connectivity index (χ4n) is 3.40. The van der Waals surface area contributed by atoms with E-state index in [0.29, 0.717) is 0 Å². The lowest BCUT2D eigenvalue weighted by Gasteiger charge is -2.40. The van der Waals surface area contributed by atoms with Gasteiger partial charge in [0.25, 0.3) is 0 Å². The number of likely N-dealkylation sites (tertiary alicyclic amines) is 1. The maximum Gasteiger partial charge on any atom is 0.239 e. The Labute approximate surface area is 128 Å². The fraction of sp³-hybridized carbons (Fsp3) is 0.875. The van der Waals surface area contributed by atoms with E-state index in [-0.39, 0.29) is 18.0 Å². The first-order valence-corrected chi connectivity index (χ1v) is 8.34. The minimum atomic E-state index is -0.0167. The highest BCUT2D eigenvalue weighted by atomic mass is 16.2. The van der Waals surface area contributed by atoms with Crippen molar-refractivity contribution in [1.29, 1.82) is 5.26 Å². The van der Waals surface area contributed by atoms with Crippen molar-refractivity contribution in [2.24, 2.45) is 0 Å². The number of piperazine rings is 1. The second kappa shape index (κ2) is 7.77. The largest absolute Gasteiger partial charge is 0.341 e. The van der Waals surface area contributed by atoms with E-state index in [1.165, 1.54) is 0 Å². The van der Waals surface area contributed by atoms with Crippen molar-refractivity contribution in [1.82, 2.24) is 14.7 Å². The lowest BCUT2D eigenvalue weighted by molar-refractivity contribution is -0.136. The maximum absolute atomic E-state index is 12.4. The van der Waals surface area contributed by atoms with E-state index in [9.17, 15) is 10.1 Å². The molecule has 2 unspecified atom stereocenters. The van der Waals surface area contributed by atoms with Crippen molar-refractivity contribution in [3.05, 3.63) is 0 Å². The van der Waals surface area contributed by atoms with E-state index in [1.807, 2.05) is 11.8 Å². The van der Waals surface area contributed by atoms with Crippen LogP contribution in [-0.4, -0.2) is 72.0 Å². The average Bonchev–Trinajstić information content (AvgIpc) is 3.06.